The number of fused-ring (bicyclic) bond motifs is 1. The van der Waals surface area contributed by atoms with Gasteiger partial charge in [0, 0.05) is 31.7 Å². The van der Waals surface area contributed by atoms with Crippen LogP contribution >= 0.6 is 11.6 Å². The third-order valence-electron chi connectivity index (χ3n) is 3.61. The van der Waals surface area contributed by atoms with Crippen LogP contribution in [-0.4, -0.2) is 39.4 Å². The van der Waals surface area contributed by atoms with Crippen LogP contribution in [0.5, 0.6) is 0 Å². The number of hydrogen-bond donors (Lipinski definition) is 0. The number of aromatic nitrogens is 3. The molecule has 1 saturated carbocycles. The van der Waals surface area contributed by atoms with Crippen LogP contribution in [0.25, 0.3) is 11.0 Å². The Morgan fingerprint density at radius 2 is 2.21 bits per heavy atom. The third-order valence-corrected chi connectivity index (χ3v) is 3.79. The molecule has 0 aromatic carbocycles. The SMILES string of the molecule is CN(C)C(=O)c1cc2cnc(Cl)nc2n1C1CCC1. The predicted molar refractivity (Wildman–Crippen MR) is 73.4 cm³/mol. The number of amides is 1. The highest BCUT2D eigenvalue weighted by Gasteiger charge is 2.27. The summed E-state index contributed by atoms with van der Waals surface area (Å²) in [7, 11) is 3.51. The monoisotopic (exact) mass is 278 g/mol. The van der Waals surface area contributed by atoms with E-state index in [2.05, 4.69) is 9.97 Å². The molecule has 0 saturated heterocycles. The maximum atomic E-state index is 12.3. The van der Waals surface area contributed by atoms with Crippen LogP contribution < -0.4 is 0 Å². The summed E-state index contributed by atoms with van der Waals surface area (Å²) >= 11 is 5.88. The predicted octanol–water partition coefficient (Wildman–Crippen LogP) is 2.51. The molecule has 0 aliphatic heterocycles. The second kappa shape index (κ2) is 4.49. The summed E-state index contributed by atoms with van der Waals surface area (Å²) in [6, 6.07) is 2.20. The second-order valence-corrected chi connectivity index (χ2v) is 5.44. The van der Waals surface area contributed by atoms with E-state index in [1.807, 2.05) is 10.6 Å². The average Bonchev–Trinajstić information content (AvgIpc) is 2.65. The van der Waals surface area contributed by atoms with Gasteiger partial charge in [0.05, 0.1) is 0 Å². The zero-order chi connectivity index (χ0) is 13.6. The van der Waals surface area contributed by atoms with Crippen molar-refractivity contribution in [1.82, 2.24) is 19.4 Å². The Labute approximate surface area is 116 Å². The normalized spacial score (nSPS) is 15.5. The van der Waals surface area contributed by atoms with E-state index >= 15 is 0 Å². The maximum Gasteiger partial charge on any atom is 0.270 e. The molecule has 2 aromatic heterocycles. The molecule has 0 N–H and O–H groups in total. The number of hydrogen-bond acceptors (Lipinski definition) is 3. The molecule has 100 valence electrons. The molecule has 2 aromatic rings. The fourth-order valence-corrected chi connectivity index (χ4v) is 2.52. The van der Waals surface area contributed by atoms with Gasteiger partial charge in [-0.3, -0.25) is 4.79 Å². The molecule has 0 spiro atoms. The molecule has 1 aliphatic carbocycles. The average molecular weight is 279 g/mol. The molecule has 1 fully saturated rings. The Bertz CT molecular complexity index is 645. The van der Waals surface area contributed by atoms with Gasteiger partial charge in [0.2, 0.25) is 5.28 Å². The van der Waals surface area contributed by atoms with E-state index in [1.165, 1.54) is 6.42 Å². The van der Waals surface area contributed by atoms with Gasteiger partial charge in [-0.25, -0.2) is 4.98 Å². The van der Waals surface area contributed by atoms with Gasteiger partial charge in [0.25, 0.3) is 5.91 Å². The number of carbonyl (C=O) groups is 1. The first-order valence-electron chi connectivity index (χ1n) is 6.33. The molecule has 0 atom stereocenters. The Morgan fingerprint density at radius 1 is 1.47 bits per heavy atom. The lowest BCUT2D eigenvalue weighted by Gasteiger charge is -2.29. The Morgan fingerprint density at radius 3 is 2.79 bits per heavy atom. The van der Waals surface area contributed by atoms with Crippen molar-refractivity contribution in [3.8, 4) is 0 Å². The lowest BCUT2D eigenvalue weighted by Crippen LogP contribution is -2.28. The topological polar surface area (TPSA) is 51.0 Å². The zero-order valence-corrected chi connectivity index (χ0v) is 11.7. The highest BCUT2D eigenvalue weighted by Crippen LogP contribution is 2.36. The van der Waals surface area contributed by atoms with E-state index < -0.39 is 0 Å². The van der Waals surface area contributed by atoms with Crippen molar-refractivity contribution in [3.05, 3.63) is 23.2 Å². The molecule has 1 aliphatic rings. The van der Waals surface area contributed by atoms with E-state index in [9.17, 15) is 4.79 Å². The van der Waals surface area contributed by atoms with Crippen LogP contribution in [0.4, 0.5) is 0 Å². The molecule has 3 rings (SSSR count). The Hall–Kier alpha value is -1.62. The molecule has 6 heteroatoms. The molecular weight excluding hydrogens is 264 g/mol. The quantitative estimate of drug-likeness (QED) is 0.793. The van der Waals surface area contributed by atoms with E-state index in [0.29, 0.717) is 11.7 Å². The third kappa shape index (κ3) is 1.98. The first kappa shape index (κ1) is 12.4. The van der Waals surface area contributed by atoms with Crippen molar-refractivity contribution >= 4 is 28.5 Å². The van der Waals surface area contributed by atoms with Gasteiger partial charge >= 0.3 is 0 Å². The minimum atomic E-state index is -0.0129. The molecule has 2 heterocycles. The standard InChI is InChI=1S/C13H15ClN4O/c1-17(2)12(19)10-6-8-7-15-13(14)16-11(8)18(10)9-4-3-5-9/h6-7,9H,3-5H2,1-2H3. The van der Waals surface area contributed by atoms with Crippen LogP contribution in [0, 0.1) is 0 Å². The van der Waals surface area contributed by atoms with Crippen LogP contribution in [0.2, 0.25) is 5.28 Å². The van der Waals surface area contributed by atoms with Crippen molar-refractivity contribution in [2.45, 2.75) is 25.3 Å². The number of halogens is 1. The van der Waals surface area contributed by atoms with Crippen LogP contribution in [0.3, 0.4) is 0 Å². The molecular formula is C13H15ClN4O. The summed E-state index contributed by atoms with van der Waals surface area (Å²) < 4.78 is 2.02. The van der Waals surface area contributed by atoms with Crippen LogP contribution in [0.15, 0.2) is 12.3 Å². The van der Waals surface area contributed by atoms with E-state index in [-0.39, 0.29) is 11.2 Å². The van der Waals surface area contributed by atoms with Crippen molar-refractivity contribution in [2.75, 3.05) is 14.1 Å². The van der Waals surface area contributed by atoms with E-state index in [4.69, 9.17) is 11.6 Å². The summed E-state index contributed by atoms with van der Waals surface area (Å²) in [5.41, 5.74) is 1.43. The van der Waals surface area contributed by atoms with Crippen molar-refractivity contribution in [1.29, 1.82) is 0 Å². The molecule has 0 radical (unpaired) electrons. The van der Waals surface area contributed by atoms with Gasteiger partial charge in [0.1, 0.15) is 11.3 Å². The van der Waals surface area contributed by atoms with Crippen LogP contribution in [0.1, 0.15) is 35.8 Å². The Kier molecular flexibility index (Phi) is 2.93. The first-order valence-corrected chi connectivity index (χ1v) is 6.71. The highest BCUT2D eigenvalue weighted by atomic mass is 35.5. The van der Waals surface area contributed by atoms with Crippen LogP contribution in [-0.2, 0) is 0 Å². The van der Waals surface area contributed by atoms with Gasteiger partial charge in [-0.2, -0.15) is 4.98 Å². The number of rotatable bonds is 2. The summed E-state index contributed by atoms with van der Waals surface area (Å²) in [4.78, 5) is 22.1. The summed E-state index contributed by atoms with van der Waals surface area (Å²) in [5.74, 6) is -0.0129. The second-order valence-electron chi connectivity index (χ2n) is 5.10. The molecule has 19 heavy (non-hydrogen) atoms. The number of nitrogens with zero attached hydrogens (tertiary/aromatic N) is 4. The lowest BCUT2D eigenvalue weighted by molar-refractivity contribution is 0.0812. The highest BCUT2D eigenvalue weighted by molar-refractivity contribution is 6.28. The molecule has 5 nitrogen and oxygen atoms in total. The summed E-state index contributed by atoms with van der Waals surface area (Å²) in [6.45, 7) is 0. The minimum absolute atomic E-state index is 0.0129. The summed E-state index contributed by atoms with van der Waals surface area (Å²) in [5, 5.41) is 1.08. The van der Waals surface area contributed by atoms with E-state index in [0.717, 1.165) is 23.9 Å². The Balaban J connectivity index is 2.22. The zero-order valence-electron chi connectivity index (χ0n) is 10.9. The molecule has 0 unspecified atom stereocenters. The van der Waals surface area contributed by atoms with Crippen molar-refractivity contribution in [3.63, 3.8) is 0 Å². The number of carbonyl (C=O) groups excluding carboxylic acids is 1. The lowest BCUT2D eigenvalue weighted by atomic mass is 9.92. The van der Waals surface area contributed by atoms with Gasteiger partial charge in [-0.15, -0.1) is 0 Å². The van der Waals surface area contributed by atoms with Crippen molar-refractivity contribution < 1.29 is 4.79 Å². The van der Waals surface area contributed by atoms with Gasteiger partial charge in [-0.05, 0) is 36.9 Å². The van der Waals surface area contributed by atoms with Crippen molar-refractivity contribution in [2.24, 2.45) is 0 Å². The molecule has 1 amide bonds. The maximum absolute atomic E-state index is 12.3. The largest absolute Gasteiger partial charge is 0.343 e. The van der Waals surface area contributed by atoms with Gasteiger partial charge in [-0.1, -0.05) is 0 Å². The first-order chi connectivity index (χ1) is 9.08. The minimum Gasteiger partial charge on any atom is -0.343 e. The fraction of sp³-hybridized carbons (Fsp3) is 0.462. The van der Waals surface area contributed by atoms with Gasteiger partial charge in [0.15, 0.2) is 0 Å². The smallest absolute Gasteiger partial charge is 0.270 e. The fourth-order valence-electron chi connectivity index (χ4n) is 2.40. The van der Waals surface area contributed by atoms with Gasteiger partial charge < -0.3 is 9.47 Å². The molecule has 0 bridgehead atoms. The van der Waals surface area contributed by atoms with E-state index in [1.54, 1.807) is 25.2 Å². The summed E-state index contributed by atoms with van der Waals surface area (Å²) in [6.07, 6.45) is 5.03.